The number of nitrogens with zero attached hydrogens (tertiary/aromatic N) is 3. The Hall–Kier alpha value is -3.30. The van der Waals surface area contributed by atoms with Gasteiger partial charge in [-0.05, 0) is 29.8 Å². The van der Waals surface area contributed by atoms with E-state index in [4.69, 9.17) is 21.6 Å². The summed E-state index contributed by atoms with van der Waals surface area (Å²) in [6, 6.07) is 17.8. The first-order chi connectivity index (χ1) is 12.7. The normalized spacial score (nSPS) is 10.2. The van der Waals surface area contributed by atoms with Crippen LogP contribution in [-0.4, -0.2) is 22.3 Å². The lowest BCUT2D eigenvalue weighted by atomic mass is 10.2. The Morgan fingerprint density at radius 3 is 2.88 bits per heavy atom. The molecule has 3 aromatic rings. The number of aromatic nitrogens is 2. The average Bonchev–Trinajstić information content (AvgIpc) is 3.09. The van der Waals surface area contributed by atoms with Gasteiger partial charge < -0.3 is 10.1 Å². The number of halogens is 1. The lowest BCUT2D eigenvalue weighted by Crippen LogP contribution is -2.22. The number of carbonyl (C=O) groups is 1. The second-order valence-electron chi connectivity index (χ2n) is 5.44. The summed E-state index contributed by atoms with van der Waals surface area (Å²) in [4.78, 5) is 12.1. The molecule has 1 aromatic heterocycles. The van der Waals surface area contributed by atoms with E-state index < -0.39 is 0 Å². The van der Waals surface area contributed by atoms with E-state index in [-0.39, 0.29) is 12.5 Å². The van der Waals surface area contributed by atoms with Crippen LogP contribution >= 0.6 is 11.6 Å². The lowest BCUT2D eigenvalue weighted by molar-refractivity contribution is -0.118. The Labute approximate surface area is 155 Å². The zero-order valence-corrected chi connectivity index (χ0v) is 14.5. The zero-order chi connectivity index (χ0) is 18.4. The van der Waals surface area contributed by atoms with Crippen molar-refractivity contribution in [1.82, 2.24) is 9.78 Å². The van der Waals surface area contributed by atoms with E-state index in [9.17, 15) is 4.79 Å². The van der Waals surface area contributed by atoms with E-state index >= 15 is 0 Å². The molecular formula is C19H15ClN4O2. The molecule has 0 saturated carbocycles. The van der Waals surface area contributed by atoms with Crippen LogP contribution in [0.1, 0.15) is 11.1 Å². The van der Waals surface area contributed by atoms with Gasteiger partial charge in [0.25, 0.3) is 5.91 Å². The van der Waals surface area contributed by atoms with E-state index in [1.807, 2.05) is 30.3 Å². The third kappa shape index (κ3) is 4.41. The maximum absolute atomic E-state index is 12.1. The number of hydrogen-bond acceptors (Lipinski definition) is 4. The maximum Gasteiger partial charge on any atom is 0.263 e. The minimum absolute atomic E-state index is 0.174. The molecule has 0 unspecified atom stereocenters. The molecule has 0 bridgehead atoms. The summed E-state index contributed by atoms with van der Waals surface area (Å²) in [6.07, 6.45) is 1.60. The van der Waals surface area contributed by atoms with Crippen molar-refractivity contribution in [2.45, 2.75) is 6.54 Å². The summed E-state index contributed by atoms with van der Waals surface area (Å²) in [7, 11) is 0. The smallest absolute Gasteiger partial charge is 0.263 e. The Bertz CT molecular complexity index is 962. The lowest BCUT2D eigenvalue weighted by Gasteiger charge is -2.11. The number of carbonyl (C=O) groups excluding carboxylic acids is 1. The van der Waals surface area contributed by atoms with Gasteiger partial charge in [-0.25, -0.2) is 4.68 Å². The number of hydrogen-bond donors (Lipinski definition) is 1. The largest absolute Gasteiger partial charge is 0.484 e. The van der Waals surface area contributed by atoms with E-state index in [1.54, 1.807) is 41.2 Å². The van der Waals surface area contributed by atoms with Crippen molar-refractivity contribution in [3.8, 4) is 11.8 Å². The van der Waals surface area contributed by atoms with Crippen molar-refractivity contribution in [2.24, 2.45) is 0 Å². The van der Waals surface area contributed by atoms with Gasteiger partial charge in [0.2, 0.25) is 0 Å². The van der Waals surface area contributed by atoms with Gasteiger partial charge in [0.15, 0.2) is 6.61 Å². The Morgan fingerprint density at radius 1 is 1.23 bits per heavy atom. The fourth-order valence-electron chi connectivity index (χ4n) is 2.34. The van der Waals surface area contributed by atoms with Crippen molar-refractivity contribution in [2.75, 3.05) is 11.9 Å². The highest BCUT2D eigenvalue weighted by Crippen LogP contribution is 2.18. The summed E-state index contributed by atoms with van der Waals surface area (Å²) in [5.41, 5.74) is 1.37. The van der Waals surface area contributed by atoms with Gasteiger partial charge in [0, 0.05) is 11.1 Å². The van der Waals surface area contributed by atoms with Crippen molar-refractivity contribution in [3.05, 3.63) is 76.9 Å². The molecule has 130 valence electrons. The van der Waals surface area contributed by atoms with Crippen LogP contribution in [0, 0.1) is 11.3 Å². The van der Waals surface area contributed by atoms with Crippen LogP contribution in [0.5, 0.6) is 5.75 Å². The maximum atomic E-state index is 12.1. The molecule has 1 amide bonds. The van der Waals surface area contributed by atoms with Gasteiger partial charge in [-0.3, -0.25) is 4.79 Å². The first kappa shape index (κ1) is 17.5. The minimum atomic E-state index is -0.326. The SMILES string of the molecule is N#Cc1cccc(OCC(=O)Nc2ccnn2Cc2ccccc2Cl)c1. The van der Waals surface area contributed by atoms with Gasteiger partial charge in [0.05, 0.1) is 24.4 Å². The monoisotopic (exact) mass is 366 g/mol. The summed E-state index contributed by atoms with van der Waals surface area (Å²) in [6.45, 7) is 0.263. The molecule has 3 rings (SSSR count). The standard InChI is InChI=1S/C19H15ClN4O2/c20-17-7-2-1-5-15(17)12-24-18(8-9-22-24)23-19(25)13-26-16-6-3-4-14(10-16)11-21/h1-10H,12-13H2,(H,23,25). The molecule has 6 nitrogen and oxygen atoms in total. The molecule has 0 aliphatic rings. The molecule has 0 aliphatic heterocycles. The molecule has 0 atom stereocenters. The van der Waals surface area contributed by atoms with E-state index in [1.165, 1.54) is 0 Å². The molecule has 0 saturated heterocycles. The van der Waals surface area contributed by atoms with Crippen LogP contribution in [0.3, 0.4) is 0 Å². The molecule has 2 aromatic carbocycles. The molecule has 0 spiro atoms. The van der Waals surface area contributed by atoms with Crippen molar-refractivity contribution >= 4 is 23.3 Å². The number of rotatable bonds is 6. The van der Waals surface area contributed by atoms with Crippen molar-refractivity contribution in [3.63, 3.8) is 0 Å². The van der Waals surface area contributed by atoms with Crippen molar-refractivity contribution in [1.29, 1.82) is 5.26 Å². The minimum Gasteiger partial charge on any atom is -0.484 e. The molecule has 0 aliphatic carbocycles. The van der Waals surface area contributed by atoms with Crippen molar-refractivity contribution < 1.29 is 9.53 Å². The van der Waals surface area contributed by atoms with E-state index in [2.05, 4.69) is 10.4 Å². The summed E-state index contributed by atoms with van der Waals surface area (Å²) < 4.78 is 7.07. The Morgan fingerprint density at radius 2 is 2.08 bits per heavy atom. The van der Waals surface area contributed by atoms with Gasteiger partial charge in [-0.15, -0.1) is 0 Å². The van der Waals surface area contributed by atoms with Crippen LogP contribution in [-0.2, 0) is 11.3 Å². The Kier molecular flexibility index (Phi) is 5.52. The second kappa shape index (κ2) is 8.19. The van der Waals surface area contributed by atoms with Gasteiger partial charge in [-0.2, -0.15) is 10.4 Å². The van der Waals surface area contributed by atoms with Crippen LogP contribution in [0.4, 0.5) is 5.82 Å². The van der Waals surface area contributed by atoms with Gasteiger partial charge >= 0.3 is 0 Å². The second-order valence-corrected chi connectivity index (χ2v) is 5.85. The third-order valence-electron chi connectivity index (χ3n) is 3.60. The first-order valence-electron chi connectivity index (χ1n) is 7.84. The number of nitrogens with one attached hydrogen (secondary N) is 1. The molecule has 0 fully saturated rings. The number of amides is 1. The topological polar surface area (TPSA) is 79.9 Å². The van der Waals surface area contributed by atoms with Crippen LogP contribution < -0.4 is 10.1 Å². The van der Waals surface area contributed by atoms with Crippen LogP contribution in [0.15, 0.2) is 60.8 Å². The molecule has 26 heavy (non-hydrogen) atoms. The summed E-state index contributed by atoms with van der Waals surface area (Å²) >= 11 is 6.17. The highest BCUT2D eigenvalue weighted by molar-refractivity contribution is 6.31. The highest BCUT2D eigenvalue weighted by Gasteiger charge is 2.10. The van der Waals surface area contributed by atoms with E-state index in [0.717, 1.165) is 5.56 Å². The summed E-state index contributed by atoms with van der Waals surface area (Å²) in [5, 5.41) is 16.5. The van der Waals surface area contributed by atoms with Crippen LogP contribution in [0.2, 0.25) is 5.02 Å². The quantitative estimate of drug-likeness (QED) is 0.724. The van der Waals surface area contributed by atoms with Gasteiger partial charge in [-0.1, -0.05) is 35.9 Å². The average molecular weight is 367 g/mol. The molecule has 7 heteroatoms. The fourth-order valence-corrected chi connectivity index (χ4v) is 2.53. The fraction of sp³-hybridized carbons (Fsp3) is 0.105. The Balaban J connectivity index is 1.61. The molecule has 1 heterocycles. The summed E-state index contributed by atoms with van der Waals surface area (Å²) in [5.74, 6) is 0.682. The zero-order valence-electron chi connectivity index (χ0n) is 13.7. The third-order valence-corrected chi connectivity index (χ3v) is 3.96. The molecular weight excluding hydrogens is 352 g/mol. The number of benzene rings is 2. The molecule has 0 radical (unpaired) electrons. The van der Waals surface area contributed by atoms with Gasteiger partial charge in [0.1, 0.15) is 11.6 Å². The molecule has 1 N–H and O–H groups in total. The number of anilines is 1. The first-order valence-corrected chi connectivity index (χ1v) is 8.21. The van der Waals surface area contributed by atoms with E-state index in [0.29, 0.717) is 28.7 Å². The predicted molar refractivity (Wildman–Crippen MR) is 98.1 cm³/mol. The number of ether oxygens (including phenoxy) is 1. The highest BCUT2D eigenvalue weighted by atomic mass is 35.5. The predicted octanol–water partition coefficient (Wildman–Crippen LogP) is 3.47. The van der Waals surface area contributed by atoms with Crippen LogP contribution in [0.25, 0.3) is 0 Å². The number of nitriles is 1.